The van der Waals surface area contributed by atoms with Crippen molar-refractivity contribution in [1.82, 2.24) is 10.6 Å². The maximum atomic E-state index is 12.7. The molecule has 0 aliphatic carbocycles. The van der Waals surface area contributed by atoms with Gasteiger partial charge in [-0.15, -0.1) is 0 Å². The van der Waals surface area contributed by atoms with Gasteiger partial charge in [0.25, 0.3) is 5.91 Å². The fourth-order valence-corrected chi connectivity index (χ4v) is 3.33. The van der Waals surface area contributed by atoms with Crippen LogP contribution in [0.15, 0.2) is 39.5 Å². The molecule has 32 heavy (non-hydrogen) atoms. The first kappa shape index (κ1) is 23.6. The van der Waals surface area contributed by atoms with Crippen molar-refractivity contribution in [2.24, 2.45) is 5.92 Å². The lowest BCUT2D eigenvalue weighted by atomic mass is 9.92. The summed E-state index contributed by atoms with van der Waals surface area (Å²) in [6, 6.07) is 5.03. The quantitative estimate of drug-likeness (QED) is 0.364. The molecule has 2 aromatic rings. The van der Waals surface area contributed by atoms with Crippen LogP contribution in [0.4, 0.5) is 0 Å². The molecular formula is C22H26N2O8. The lowest BCUT2D eigenvalue weighted by molar-refractivity contribution is -0.133. The summed E-state index contributed by atoms with van der Waals surface area (Å²) in [5.74, 6) is -2.42. The Labute approximate surface area is 183 Å². The number of carbonyl (C=O) groups is 3. The number of benzene rings is 1. The monoisotopic (exact) mass is 446 g/mol. The van der Waals surface area contributed by atoms with E-state index in [1.54, 1.807) is 18.2 Å². The highest BCUT2D eigenvalue weighted by Gasteiger charge is 2.54. The topological polar surface area (TPSA) is 158 Å². The Kier molecular flexibility index (Phi) is 7.07. The van der Waals surface area contributed by atoms with Crippen molar-refractivity contribution in [3.63, 3.8) is 0 Å². The minimum Gasteiger partial charge on any atom is -0.451 e. The molecule has 0 saturated carbocycles. The number of epoxide rings is 1. The molecule has 1 saturated heterocycles. The van der Waals surface area contributed by atoms with Gasteiger partial charge in [0.2, 0.25) is 5.91 Å². The van der Waals surface area contributed by atoms with Gasteiger partial charge in [-0.25, -0.2) is 0 Å². The van der Waals surface area contributed by atoms with Crippen molar-refractivity contribution < 1.29 is 33.8 Å². The van der Waals surface area contributed by atoms with Crippen LogP contribution in [-0.4, -0.2) is 65.3 Å². The summed E-state index contributed by atoms with van der Waals surface area (Å²) in [5.41, 5.74) is -1.54. The van der Waals surface area contributed by atoms with Crippen molar-refractivity contribution in [2.45, 2.75) is 38.0 Å². The van der Waals surface area contributed by atoms with Crippen molar-refractivity contribution in [3.8, 4) is 0 Å². The molecular weight excluding hydrogens is 420 g/mol. The van der Waals surface area contributed by atoms with Crippen LogP contribution in [-0.2, 0) is 14.3 Å². The molecule has 172 valence electrons. The zero-order valence-electron chi connectivity index (χ0n) is 17.8. The molecule has 3 atom stereocenters. The number of hydrogen-bond donors (Lipinski definition) is 4. The molecule has 4 N–H and O–H groups in total. The molecule has 1 aliphatic heterocycles. The van der Waals surface area contributed by atoms with Gasteiger partial charge < -0.3 is 30.0 Å². The van der Waals surface area contributed by atoms with Crippen molar-refractivity contribution >= 4 is 28.6 Å². The lowest BCUT2D eigenvalue weighted by Gasteiger charge is -2.24. The van der Waals surface area contributed by atoms with Crippen LogP contribution in [0.25, 0.3) is 11.0 Å². The summed E-state index contributed by atoms with van der Waals surface area (Å²) in [7, 11) is 0. The van der Waals surface area contributed by atoms with E-state index in [1.807, 2.05) is 13.8 Å². The molecule has 0 bridgehead atoms. The van der Waals surface area contributed by atoms with Gasteiger partial charge in [-0.3, -0.25) is 19.2 Å². The maximum Gasteiger partial charge on any atom is 0.287 e. The number of rotatable bonds is 10. The SMILES string of the molecule is CC(C)CC(NC(=O)[C@H](CO)NC(=O)c1cc(=O)c2ccccc2o1)C(=O)C1(CO)CO1. The first-order chi connectivity index (χ1) is 15.2. The second kappa shape index (κ2) is 9.60. The van der Waals surface area contributed by atoms with Crippen LogP contribution in [0.1, 0.15) is 30.8 Å². The Balaban J connectivity index is 1.74. The van der Waals surface area contributed by atoms with Crippen LogP contribution >= 0.6 is 0 Å². The first-order valence-corrected chi connectivity index (χ1v) is 10.2. The Morgan fingerprint density at radius 3 is 2.41 bits per heavy atom. The number of ether oxygens (including phenoxy) is 1. The number of carbonyl (C=O) groups excluding carboxylic acids is 3. The summed E-state index contributed by atoms with van der Waals surface area (Å²) in [5, 5.41) is 24.3. The highest BCUT2D eigenvalue weighted by Crippen LogP contribution is 2.30. The third-order valence-electron chi connectivity index (χ3n) is 5.20. The molecule has 0 radical (unpaired) electrons. The number of hydrogen-bond acceptors (Lipinski definition) is 8. The van der Waals surface area contributed by atoms with Crippen LogP contribution in [0.5, 0.6) is 0 Å². The van der Waals surface area contributed by atoms with E-state index >= 15 is 0 Å². The van der Waals surface area contributed by atoms with Crippen LogP contribution in [0.3, 0.4) is 0 Å². The van der Waals surface area contributed by atoms with Crippen molar-refractivity contribution in [3.05, 3.63) is 46.3 Å². The van der Waals surface area contributed by atoms with E-state index in [0.29, 0.717) is 5.39 Å². The summed E-state index contributed by atoms with van der Waals surface area (Å²) in [4.78, 5) is 50.2. The summed E-state index contributed by atoms with van der Waals surface area (Å²) in [6.45, 7) is 2.53. The van der Waals surface area contributed by atoms with Crippen LogP contribution in [0, 0.1) is 5.92 Å². The van der Waals surface area contributed by atoms with Gasteiger partial charge in [-0.2, -0.15) is 0 Å². The number of aliphatic hydroxyl groups excluding tert-OH is 2. The molecule has 1 aliphatic rings. The number of ketones is 1. The molecule has 2 unspecified atom stereocenters. The fraction of sp³-hybridized carbons (Fsp3) is 0.455. The predicted molar refractivity (Wildman–Crippen MR) is 113 cm³/mol. The second-order valence-electron chi connectivity index (χ2n) is 8.18. The Bertz CT molecular complexity index is 1070. The van der Waals surface area contributed by atoms with E-state index in [4.69, 9.17) is 9.15 Å². The minimum absolute atomic E-state index is 0.0350. The Hall–Kier alpha value is -3.08. The van der Waals surface area contributed by atoms with E-state index in [1.165, 1.54) is 6.07 Å². The van der Waals surface area contributed by atoms with E-state index in [2.05, 4.69) is 10.6 Å². The van der Waals surface area contributed by atoms with Gasteiger partial charge in [-0.05, 0) is 24.5 Å². The zero-order chi connectivity index (χ0) is 23.5. The van der Waals surface area contributed by atoms with Gasteiger partial charge in [-0.1, -0.05) is 26.0 Å². The largest absolute Gasteiger partial charge is 0.451 e. The molecule has 1 aromatic carbocycles. The van der Waals surface area contributed by atoms with Crippen LogP contribution < -0.4 is 16.1 Å². The Morgan fingerprint density at radius 1 is 1.12 bits per heavy atom. The van der Waals surface area contributed by atoms with Gasteiger partial charge in [0.1, 0.15) is 11.6 Å². The number of aliphatic hydroxyl groups is 2. The number of fused-ring (bicyclic) bond motifs is 1. The Morgan fingerprint density at radius 2 is 1.81 bits per heavy atom. The molecule has 1 aromatic heterocycles. The van der Waals surface area contributed by atoms with Gasteiger partial charge in [0.05, 0.1) is 31.2 Å². The molecule has 10 heteroatoms. The third kappa shape index (κ3) is 5.04. The van der Waals surface area contributed by atoms with E-state index in [0.717, 1.165) is 6.07 Å². The van der Waals surface area contributed by atoms with E-state index in [9.17, 15) is 29.4 Å². The number of amides is 2. The second-order valence-corrected chi connectivity index (χ2v) is 8.18. The van der Waals surface area contributed by atoms with Gasteiger partial charge in [0, 0.05) is 6.07 Å². The summed E-state index contributed by atoms with van der Waals surface area (Å²) in [6.07, 6.45) is 0.279. The average Bonchev–Trinajstić information content (AvgIpc) is 3.57. The first-order valence-electron chi connectivity index (χ1n) is 10.2. The minimum atomic E-state index is -1.40. The lowest BCUT2D eigenvalue weighted by Crippen LogP contribution is -2.55. The molecule has 0 spiro atoms. The molecule has 10 nitrogen and oxygen atoms in total. The third-order valence-corrected chi connectivity index (χ3v) is 5.20. The standard InChI is InChI=1S/C22H26N2O8/c1-12(2)7-14(19(28)22(10-26)11-31-22)23-20(29)15(9-25)24-21(30)18-8-16(27)13-5-3-4-6-17(13)32-18/h3-6,8,12,14-15,25-26H,7,9-11H2,1-2H3,(H,23,29)(H,24,30)/t14?,15-,22?/m0/s1. The number of Topliss-reactive ketones (excluding diaryl/α,β-unsaturated/α-hetero) is 1. The van der Waals surface area contributed by atoms with Crippen molar-refractivity contribution in [1.29, 1.82) is 0 Å². The predicted octanol–water partition coefficient (Wildman–Crippen LogP) is -0.255. The normalized spacial score (nSPS) is 19.4. The molecule has 2 heterocycles. The zero-order valence-corrected chi connectivity index (χ0v) is 17.8. The highest BCUT2D eigenvalue weighted by atomic mass is 16.6. The van der Waals surface area contributed by atoms with E-state index < -0.39 is 53.9 Å². The molecule has 3 rings (SSSR count). The number of nitrogens with one attached hydrogen (secondary N) is 2. The molecule has 1 fully saturated rings. The average molecular weight is 446 g/mol. The number of para-hydroxylation sites is 1. The van der Waals surface area contributed by atoms with Crippen molar-refractivity contribution in [2.75, 3.05) is 19.8 Å². The van der Waals surface area contributed by atoms with Gasteiger partial charge >= 0.3 is 0 Å². The highest BCUT2D eigenvalue weighted by molar-refractivity contribution is 6.00. The van der Waals surface area contributed by atoms with E-state index in [-0.39, 0.29) is 30.3 Å². The maximum absolute atomic E-state index is 12.7. The summed E-state index contributed by atoms with van der Waals surface area (Å²) < 4.78 is 10.5. The smallest absolute Gasteiger partial charge is 0.287 e. The van der Waals surface area contributed by atoms with Crippen LogP contribution in [0.2, 0.25) is 0 Å². The molecule has 2 amide bonds. The fourth-order valence-electron chi connectivity index (χ4n) is 3.33. The summed E-state index contributed by atoms with van der Waals surface area (Å²) >= 11 is 0. The van der Waals surface area contributed by atoms with Gasteiger partial charge in [0.15, 0.2) is 22.6 Å².